The smallest absolute Gasteiger partial charge is 0.238 e. The van der Waals surface area contributed by atoms with Crippen LogP contribution in [0.25, 0.3) is 6.08 Å². The molecule has 2 unspecified atom stereocenters. The highest BCUT2D eigenvalue weighted by atomic mass is 32.2. The van der Waals surface area contributed by atoms with Gasteiger partial charge < -0.3 is 5.32 Å². The van der Waals surface area contributed by atoms with Crippen LogP contribution in [-0.2, 0) is 14.8 Å². The second kappa shape index (κ2) is 13.0. The van der Waals surface area contributed by atoms with Crippen LogP contribution in [0.15, 0.2) is 35.7 Å². The summed E-state index contributed by atoms with van der Waals surface area (Å²) >= 11 is 1.59. The van der Waals surface area contributed by atoms with E-state index in [4.69, 9.17) is 0 Å². The Labute approximate surface area is 168 Å². The summed E-state index contributed by atoms with van der Waals surface area (Å²) in [6.07, 6.45) is 8.13. The van der Waals surface area contributed by atoms with E-state index in [1.165, 1.54) is 6.08 Å². The van der Waals surface area contributed by atoms with E-state index in [9.17, 15) is 13.2 Å². The first kappa shape index (κ1) is 23.7. The number of carbonyl (C=O) groups is 1. The lowest BCUT2D eigenvalue weighted by Crippen LogP contribution is -2.48. The van der Waals surface area contributed by atoms with Gasteiger partial charge in [-0.3, -0.25) is 4.79 Å². The third-order valence-corrected chi connectivity index (χ3v) is 5.85. The highest BCUT2D eigenvalue weighted by Crippen LogP contribution is 2.08. The standard InChI is InChI=1S/C20H32N2O3S2/c1-4-5-7-10-17(2)21-20(23)19(13-15-26-3)22-27(24,25)16-14-18-11-8-6-9-12-18/h6,8-9,11-12,14,16-17,19,22H,4-5,7,10,13,15H2,1-3H3,(H,21,23)/b16-14+. The summed E-state index contributed by atoms with van der Waals surface area (Å²) in [6.45, 7) is 4.10. The van der Waals surface area contributed by atoms with Gasteiger partial charge in [0.15, 0.2) is 0 Å². The van der Waals surface area contributed by atoms with Crippen molar-refractivity contribution in [2.24, 2.45) is 0 Å². The van der Waals surface area contributed by atoms with Crippen molar-refractivity contribution in [3.8, 4) is 0 Å². The Hall–Kier alpha value is -1.31. The quantitative estimate of drug-likeness (QED) is 0.484. The second-order valence-corrected chi connectivity index (χ2v) is 9.20. The number of amides is 1. The number of nitrogens with one attached hydrogen (secondary N) is 2. The van der Waals surface area contributed by atoms with Gasteiger partial charge in [-0.1, -0.05) is 56.5 Å². The number of sulfonamides is 1. The molecule has 0 heterocycles. The van der Waals surface area contributed by atoms with Gasteiger partial charge in [0.2, 0.25) is 15.9 Å². The number of benzene rings is 1. The molecule has 1 rings (SSSR count). The highest BCUT2D eigenvalue weighted by molar-refractivity contribution is 7.98. The van der Waals surface area contributed by atoms with E-state index in [-0.39, 0.29) is 11.9 Å². The van der Waals surface area contributed by atoms with Crippen LogP contribution in [0.3, 0.4) is 0 Å². The molecular formula is C20H32N2O3S2. The summed E-state index contributed by atoms with van der Waals surface area (Å²) in [4.78, 5) is 12.6. The minimum atomic E-state index is -3.71. The lowest BCUT2D eigenvalue weighted by molar-refractivity contribution is -0.123. The lowest BCUT2D eigenvalue weighted by atomic mass is 10.1. The van der Waals surface area contributed by atoms with Crippen LogP contribution in [0.5, 0.6) is 0 Å². The Morgan fingerprint density at radius 3 is 2.52 bits per heavy atom. The molecule has 0 fully saturated rings. The molecule has 0 saturated carbocycles. The predicted octanol–water partition coefficient (Wildman–Crippen LogP) is 3.78. The number of carbonyl (C=O) groups excluding carboxylic acids is 1. The Morgan fingerprint density at radius 1 is 1.19 bits per heavy atom. The minimum Gasteiger partial charge on any atom is -0.352 e. The molecule has 2 atom stereocenters. The van der Waals surface area contributed by atoms with Crippen LogP contribution in [0, 0.1) is 0 Å². The molecule has 0 aliphatic rings. The maximum absolute atomic E-state index is 12.6. The summed E-state index contributed by atoms with van der Waals surface area (Å²) in [7, 11) is -3.71. The Bertz CT molecular complexity index is 676. The number of unbranched alkanes of at least 4 members (excludes halogenated alkanes) is 2. The van der Waals surface area contributed by atoms with Crippen molar-refractivity contribution >= 4 is 33.8 Å². The monoisotopic (exact) mass is 412 g/mol. The largest absolute Gasteiger partial charge is 0.352 e. The molecule has 0 bridgehead atoms. The molecular weight excluding hydrogens is 380 g/mol. The third kappa shape index (κ3) is 10.6. The van der Waals surface area contributed by atoms with E-state index in [1.807, 2.05) is 43.5 Å². The van der Waals surface area contributed by atoms with Crippen molar-refractivity contribution < 1.29 is 13.2 Å². The Morgan fingerprint density at radius 2 is 1.89 bits per heavy atom. The van der Waals surface area contributed by atoms with E-state index in [2.05, 4.69) is 17.0 Å². The fourth-order valence-electron chi connectivity index (χ4n) is 2.57. The van der Waals surface area contributed by atoms with Gasteiger partial charge in [0.25, 0.3) is 0 Å². The predicted molar refractivity (Wildman–Crippen MR) is 116 cm³/mol. The van der Waals surface area contributed by atoms with Gasteiger partial charge in [-0.25, -0.2) is 8.42 Å². The maximum Gasteiger partial charge on any atom is 0.238 e. The molecule has 0 aliphatic carbocycles. The molecule has 0 saturated heterocycles. The van der Waals surface area contributed by atoms with Gasteiger partial charge in [0.05, 0.1) is 0 Å². The minimum absolute atomic E-state index is 0.0326. The van der Waals surface area contributed by atoms with Crippen LogP contribution in [0.2, 0.25) is 0 Å². The van der Waals surface area contributed by atoms with Crippen molar-refractivity contribution in [1.82, 2.24) is 10.0 Å². The molecule has 5 nitrogen and oxygen atoms in total. The van der Waals surface area contributed by atoms with Crippen LogP contribution >= 0.6 is 11.8 Å². The van der Waals surface area contributed by atoms with E-state index < -0.39 is 16.1 Å². The van der Waals surface area contributed by atoms with Crippen molar-refractivity contribution in [1.29, 1.82) is 0 Å². The van der Waals surface area contributed by atoms with Crippen molar-refractivity contribution in [2.75, 3.05) is 12.0 Å². The number of hydrogen-bond acceptors (Lipinski definition) is 4. The first-order chi connectivity index (χ1) is 12.9. The van der Waals surface area contributed by atoms with E-state index in [1.54, 1.807) is 11.8 Å². The molecule has 1 amide bonds. The highest BCUT2D eigenvalue weighted by Gasteiger charge is 2.23. The zero-order valence-corrected chi connectivity index (χ0v) is 18.1. The molecule has 0 aromatic heterocycles. The van der Waals surface area contributed by atoms with Gasteiger partial charge in [0.1, 0.15) is 6.04 Å². The van der Waals surface area contributed by atoms with Gasteiger partial charge >= 0.3 is 0 Å². The van der Waals surface area contributed by atoms with Crippen molar-refractivity contribution in [3.05, 3.63) is 41.3 Å². The SMILES string of the molecule is CCCCCC(C)NC(=O)C(CCSC)NS(=O)(=O)/C=C/c1ccccc1. The summed E-state index contributed by atoms with van der Waals surface area (Å²) in [5, 5.41) is 4.06. The van der Waals surface area contributed by atoms with Crippen LogP contribution in [0.1, 0.15) is 51.5 Å². The molecule has 27 heavy (non-hydrogen) atoms. The van der Waals surface area contributed by atoms with Gasteiger partial charge in [-0.2, -0.15) is 16.5 Å². The van der Waals surface area contributed by atoms with Crippen molar-refractivity contribution in [3.63, 3.8) is 0 Å². The fraction of sp³-hybridized carbons (Fsp3) is 0.550. The van der Waals surface area contributed by atoms with Crippen LogP contribution in [0.4, 0.5) is 0 Å². The first-order valence-corrected chi connectivity index (χ1v) is 12.4. The normalized spacial score (nSPS) is 14.2. The summed E-state index contributed by atoms with van der Waals surface area (Å²) in [5.41, 5.74) is 0.789. The van der Waals surface area contributed by atoms with E-state index >= 15 is 0 Å². The van der Waals surface area contributed by atoms with E-state index in [0.717, 1.165) is 36.7 Å². The van der Waals surface area contributed by atoms with Crippen LogP contribution < -0.4 is 10.0 Å². The average molecular weight is 413 g/mol. The van der Waals surface area contributed by atoms with Crippen molar-refractivity contribution in [2.45, 2.75) is 58.0 Å². The van der Waals surface area contributed by atoms with Crippen LogP contribution in [-0.4, -0.2) is 38.4 Å². The molecule has 0 radical (unpaired) electrons. The molecule has 0 aliphatic heterocycles. The molecule has 1 aromatic rings. The average Bonchev–Trinajstić information content (AvgIpc) is 2.64. The molecule has 1 aromatic carbocycles. The second-order valence-electron chi connectivity index (χ2n) is 6.62. The third-order valence-electron chi connectivity index (χ3n) is 4.10. The van der Waals surface area contributed by atoms with E-state index in [0.29, 0.717) is 12.2 Å². The zero-order valence-electron chi connectivity index (χ0n) is 16.5. The molecule has 0 spiro atoms. The fourth-order valence-corrected chi connectivity index (χ4v) is 4.07. The topological polar surface area (TPSA) is 75.3 Å². The van der Waals surface area contributed by atoms with Gasteiger partial charge in [0, 0.05) is 11.4 Å². The number of thioether (sulfide) groups is 1. The Balaban J connectivity index is 2.71. The molecule has 7 heteroatoms. The summed E-state index contributed by atoms with van der Waals surface area (Å²) < 4.78 is 27.3. The van der Waals surface area contributed by atoms with Gasteiger partial charge in [-0.15, -0.1) is 0 Å². The Kier molecular flexibility index (Phi) is 11.4. The number of hydrogen-bond donors (Lipinski definition) is 2. The number of rotatable bonds is 13. The summed E-state index contributed by atoms with van der Waals surface area (Å²) in [6, 6.07) is 8.46. The summed E-state index contributed by atoms with van der Waals surface area (Å²) in [5.74, 6) is 0.442. The maximum atomic E-state index is 12.6. The zero-order chi connectivity index (χ0) is 20.1. The molecule has 152 valence electrons. The molecule has 2 N–H and O–H groups in total. The van der Waals surface area contributed by atoms with Gasteiger partial charge in [-0.05, 0) is 43.4 Å². The first-order valence-electron chi connectivity index (χ1n) is 9.42. The lowest BCUT2D eigenvalue weighted by Gasteiger charge is -2.20.